The number of hydrogen-bond acceptors (Lipinski definition) is 2. The first kappa shape index (κ1) is 17.8. The number of alkyl halides is 1. The molecule has 1 atom stereocenters. The Labute approximate surface area is 131 Å². The summed E-state index contributed by atoms with van der Waals surface area (Å²) in [7, 11) is -3.50. The van der Waals surface area contributed by atoms with Crippen LogP contribution in [-0.2, 0) is 15.9 Å². The van der Waals surface area contributed by atoms with Crippen molar-refractivity contribution in [2.45, 2.75) is 38.0 Å². The number of hydrogen-bond donors (Lipinski definition) is 0. The van der Waals surface area contributed by atoms with E-state index in [1.165, 1.54) is 10.4 Å². The molecule has 1 unspecified atom stereocenters. The Morgan fingerprint density at radius 3 is 2.40 bits per heavy atom. The maximum atomic E-state index is 12.6. The molecule has 0 aliphatic carbocycles. The molecule has 3 nitrogen and oxygen atoms in total. The second-order valence-electron chi connectivity index (χ2n) is 4.86. The quantitative estimate of drug-likeness (QED) is 0.701. The fourth-order valence-corrected chi connectivity index (χ4v) is 4.03. The van der Waals surface area contributed by atoms with Gasteiger partial charge in [0.25, 0.3) is 0 Å². The number of sulfonamides is 1. The minimum Gasteiger partial charge on any atom is -0.207 e. The first-order valence-electron chi connectivity index (χ1n) is 6.71. The smallest absolute Gasteiger partial charge is 0.207 e. The van der Waals surface area contributed by atoms with E-state index in [1.54, 1.807) is 12.1 Å². The monoisotopic (exact) mass is 337 g/mol. The first-order chi connectivity index (χ1) is 9.36. The van der Waals surface area contributed by atoms with Crippen LogP contribution in [0.15, 0.2) is 23.1 Å². The highest BCUT2D eigenvalue weighted by molar-refractivity contribution is 7.89. The lowest BCUT2D eigenvalue weighted by atomic mass is 10.1. The summed E-state index contributed by atoms with van der Waals surface area (Å²) in [5.74, 6) is 0.589. The third kappa shape index (κ3) is 4.10. The van der Waals surface area contributed by atoms with Crippen molar-refractivity contribution in [3.63, 3.8) is 0 Å². The van der Waals surface area contributed by atoms with Crippen LogP contribution in [0.3, 0.4) is 0 Å². The van der Waals surface area contributed by atoms with Gasteiger partial charge in [-0.25, -0.2) is 8.42 Å². The summed E-state index contributed by atoms with van der Waals surface area (Å²) in [4.78, 5) is 0.224. The van der Waals surface area contributed by atoms with Crippen LogP contribution in [-0.4, -0.2) is 25.8 Å². The van der Waals surface area contributed by atoms with Crippen molar-refractivity contribution in [2.24, 2.45) is 5.92 Å². The maximum absolute atomic E-state index is 12.6. The Bertz CT molecular complexity index is 546. The van der Waals surface area contributed by atoms with Crippen molar-refractivity contribution in [1.82, 2.24) is 4.31 Å². The molecule has 0 fully saturated rings. The molecular formula is C14H21Cl2NO2S. The summed E-state index contributed by atoms with van der Waals surface area (Å²) in [6.07, 6.45) is 0.942. The minimum atomic E-state index is -3.50. The molecule has 0 saturated heterocycles. The number of nitrogens with zero attached hydrogens (tertiary/aromatic N) is 1. The normalized spacial score (nSPS) is 13.7. The molecule has 0 saturated carbocycles. The zero-order valence-electron chi connectivity index (χ0n) is 12.1. The highest BCUT2D eigenvalue weighted by atomic mass is 35.5. The van der Waals surface area contributed by atoms with Gasteiger partial charge in [0.15, 0.2) is 0 Å². The molecule has 0 aromatic heterocycles. The number of benzene rings is 1. The van der Waals surface area contributed by atoms with Crippen molar-refractivity contribution in [3.05, 3.63) is 28.8 Å². The highest BCUT2D eigenvalue weighted by Gasteiger charge is 2.24. The van der Waals surface area contributed by atoms with Crippen LogP contribution in [0.5, 0.6) is 0 Å². The molecular weight excluding hydrogens is 317 g/mol. The lowest BCUT2D eigenvalue weighted by molar-refractivity contribution is 0.361. The van der Waals surface area contributed by atoms with Gasteiger partial charge in [-0.05, 0) is 23.6 Å². The molecule has 6 heteroatoms. The van der Waals surface area contributed by atoms with Crippen LogP contribution in [0, 0.1) is 5.92 Å². The summed E-state index contributed by atoms with van der Waals surface area (Å²) in [5.41, 5.74) is 0.734. The molecule has 0 spiro atoms. The third-order valence-corrected chi connectivity index (χ3v) is 5.95. The minimum absolute atomic E-state index is 0.224. The van der Waals surface area contributed by atoms with Crippen molar-refractivity contribution in [1.29, 1.82) is 0 Å². The van der Waals surface area contributed by atoms with Crippen molar-refractivity contribution >= 4 is 33.2 Å². The summed E-state index contributed by atoms with van der Waals surface area (Å²) >= 11 is 11.8. The second-order valence-corrected chi connectivity index (χ2v) is 7.47. The fraction of sp³-hybridized carbons (Fsp3) is 0.571. The van der Waals surface area contributed by atoms with Gasteiger partial charge in [0.1, 0.15) is 0 Å². The summed E-state index contributed by atoms with van der Waals surface area (Å²) in [5, 5.41) is 0.390. The van der Waals surface area contributed by atoms with Gasteiger partial charge in [-0.15, -0.1) is 11.6 Å². The Kier molecular flexibility index (Phi) is 6.79. The molecule has 0 N–H and O–H groups in total. The average molecular weight is 338 g/mol. The van der Waals surface area contributed by atoms with E-state index >= 15 is 0 Å². The van der Waals surface area contributed by atoms with Crippen molar-refractivity contribution < 1.29 is 8.42 Å². The second kappa shape index (κ2) is 7.64. The van der Waals surface area contributed by atoms with Crippen molar-refractivity contribution in [2.75, 3.05) is 13.1 Å². The van der Waals surface area contributed by atoms with Crippen molar-refractivity contribution in [3.8, 4) is 0 Å². The Hall–Kier alpha value is -0.290. The van der Waals surface area contributed by atoms with Crippen LogP contribution < -0.4 is 0 Å². The lowest BCUT2D eigenvalue weighted by Gasteiger charge is -2.23. The third-order valence-electron chi connectivity index (χ3n) is 3.37. The van der Waals surface area contributed by atoms with E-state index in [4.69, 9.17) is 23.2 Å². The SMILES string of the molecule is CCC(C)CN(CC)S(=O)(=O)c1ccc(CCl)c(Cl)c1. The van der Waals surface area contributed by atoms with Gasteiger partial charge in [-0.2, -0.15) is 4.31 Å². The highest BCUT2D eigenvalue weighted by Crippen LogP contribution is 2.25. The molecule has 0 aliphatic heterocycles. The Morgan fingerprint density at radius 2 is 1.95 bits per heavy atom. The van der Waals surface area contributed by atoms with E-state index in [-0.39, 0.29) is 10.8 Å². The van der Waals surface area contributed by atoms with E-state index in [0.717, 1.165) is 12.0 Å². The zero-order chi connectivity index (χ0) is 15.3. The van der Waals surface area contributed by atoms with Gasteiger partial charge in [0, 0.05) is 24.0 Å². The van der Waals surface area contributed by atoms with E-state index < -0.39 is 10.0 Å². The lowest BCUT2D eigenvalue weighted by Crippen LogP contribution is -2.34. The standard InChI is InChI=1S/C14H21Cl2NO2S/c1-4-11(3)10-17(5-2)20(18,19)13-7-6-12(9-15)14(16)8-13/h6-8,11H,4-5,9-10H2,1-3H3. The molecule has 0 aliphatic rings. The summed E-state index contributed by atoms with van der Waals surface area (Å²) in [6, 6.07) is 4.71. The van der Waals surface area contributed by atoms with E-state index in [1.807, 2.05) is 13.8 Å². The first-order valence-corrected chi connectivity index (χ1v) is 9.06. The Balaban J connectivity index is 3.10. The Morgan fingerprint density at radius 1 is 1.30 bits per heavy atom. The molecule has 20 heavy (non-hydrogen) atoms. The molecule has 114 valence electrons. The van der Waals surface area contributed by atoms with E-state index in [0.29, 0.717) is 24.0 Å². The molecule has 0 heterocycles. The van der Waals surface area contributed by atoms with Gasteiger partial charge in [-0.1, -0.05) is 44.9 Å². The molecule has 1 aromatic carbocycles. The van der Waals surface area contributed by atoms with Crippen LogP contribution in [0.4, 0.5) is 0 Å². The largest absolute Gasteiger partial charge is 0.243 e. The average Bonchev–Trinajstić information content (AvgIpc) is 2.43. The molecule has 0 bridgehead atoms. The number of rotatable bonds is 7. The van der Waals surface area contributed by atoms with Gasteiger partial charge in [-0.3, -0.25) is 0 Å². The molecule has 0 amide bonds. The summed E-state index contributed by atoms with van der Waals surface area (Å²) < 4.78 is 26.7. The van der Waals surface area contributed by atoms with Gasteiger partial charge < -0.3 is 0 Å². The summed E-state index contributed by atoms with van der Waals surface area (Å²) in [6.45, 7) is 6.90. The van der Waals surface area contributed by atoms with E-state index in [9.17, 15) is 8.42 Å². The molecule has 0 radical (unpaired) electrons. The van der Waals surface area contributed by atoms with E-state index in [2.05, 4.69) is 6.92 Å². The predicted molar refractivity (Wildman–Crippen MR) is 84.9 cm³/mol. The van der Waals surface area contributed by atoms with Gasteiger partial charge >= 0.3 is 0 Å². The number of halogens is 2. The van der Waals surface area contributed by atoms with Crippen LogP contribution in [0.2, 0.25) is 5.02 Å². The molecule has 1 aromatic rings. The predicted octanol–water partition coefficient (Wildman–Crippen LogP) is 4.14. The van der Waals surface area contributed by atoms with Crippen LogP contribution in [0.25, 0.3) is 0 Å². The van der Waals surface area contributed by atoms with Gasteiger partial charge in [0.2, 0.25) is 10.0 Å². The maximum Gasteiger partial charge on any atom is 0.243 e. The van der Waals surface area contributed by atoms with Gasteiger partial charge in [0.05, 0.1) is 4.90 Å². The fourth-order valence-electron chi connectivity index (χ4n) is 1.82. The molecule has 1 rings (SSSR count). The van der Waals surface area contributed by atoms with Crippen LogP contribution >= 0.6 is 23.2 Å². The topological polar surface area (TPSA) is 37.4 Å². The zero-order valence-corrected chi connectivity index (χ0v) is 14.4. The van der Waals surface area contributed by atoms with Crippen LogP contribution in [0.1, 0.15) is 32.8 Å².